The van der Waals surface area contributed by atoms with Crippen molar-refractivity contribution in [2.24, 2.45) is 0 Å². The van der Waals surface area contributed by atoms with Crippen molar-refractivity contribution in [3.63, 3.8) is 0 Å². The zero-order valence-electron chi connectivity index (χ0n) is 9.03. The van der Waals surface area contributed by atoms with Gasteiger partial charge in [-0.05, 0) is 6.92 Å². The Morgan fingerprint density at radius 2 is 2.19 bits per heavy atom. The first-order chi connectivity index (χ1) is 7.61. The normalized spacial score (nSPS) is 13.6. The van der Waals surface area contributed by atoms with Gasteiger partial charge in [-0.15, -0.1) is 0 Å². The van der Waals surface area contributed by atoms with Gasteiger partial charge < -0.3 is 19.7 Å². The fourth-order valence-corrected chi connectivity index (χ4v) is 1.96. The molecule has 1 heterocycles. The number of carbonyl (C=O) groups is 1. The molecule has 2 rings (SSSR count). The molecule has 0 atom stereocenters. The number of aromatic hydroxyl groups is 1. The Morgan fingerprint density at radius 3 is 2.75 bits per heavy atom. The van der Waals surface area contributed by atoms with Gasteiger partial charge in [-0.3, -0.25) is 0 Å². The molecule has 0 aliphatic carbocycles. The van der Waals surface area contributed by atoms with Crippen LogP contribution in [-0.4, -0.2) is 23.3 Å². The van der Waals surface area contributed by atoms with Crippen molar-refractivity contribution in [3.05, 3.63) is 22.3 Å². The first-order valence-electron chi connectivity index (χ1n) is 4.81. The van der Waals surface area contributed by atoms with Crippen LogP contribution in [0.5, 0.6) is 11.5 Å². The Hall–Kier alpha value is -1.75. The van der Waals surface area contributed by atoms with Gasteiger partial charge in [0.25, 0.3) is 0 Å². The first-order valence-corrected chi connectivity index (χ1v) is 4.81. The third-order valence-electron chi connectivity index (χ3n) is 2.79. The Bertz CT molecular complexity index is 464. The summed E-state index contributed by atoms with van der Waals surface area (Å²) < 4.78 is 9.97. The molecule has 0 aromatic heterocycles. The number of ether oxygens (including phenoxy) is 2. The first kappa shape index (κ1) is 10.8. The van der Waals surface area contributed by atoms with Crippen LogP contribution in [-0.2, 0) is 18.0 Å². The average molecular weight is 224 g/mol. The third-order valence-corrected chi connectivity index (χ3v) is 2.79. The second-order valence-corrected chi connectivity index (χ2v) is 3.57. The van der Waals surface area contributed by atoms with Crippen LogP contribution in [0.25, 0.3) is 0 Å². The van der Waals surface area contributed by atoms with Crippen molar-refractivity contribution in [2.45, 2.75) is 20.1 Å². The lowest BCUT2D eigenvalue weighted by atomic mass is 9.97. The summed E-state index contributed by atoms with van der Waals surface area (Å²) in [4.78, 5) is 11.5. The van der Waals surface area contributed by atoms with E-state index in [4.69, 9.17) is 9.47 Å². The number of rotatable bonds is 2. The zero-order chi connectivity index (χ0) is 11.9. The molecule has 0 bridgehead atoms. The topological polar surface area (TPSA) is 76.0 Å². The minimum absolute atomic E-state index is 0.0450. The van der Waals surface area contributed by atoms with Crippen molar-refractivity contribution in [1.29, 1.82) is 0 Å². The number of cyclic esters (lactones) is 1. The lowest BCUT2D eigenvalue weighted by Crippen LogP contribution is -2.03. The summed E-state index contributed by atoms with van der Waals surface area (Å²) in [5, 5.41) is 19.0. The van der Waals surface area contributed by atoms with E-state index in [1.165, 1.54) is 7.11 Å². The largest absolute Gasteiger partial charge is 0.507 e. The smallest absolute Gasteiger partial charge is 0.342 e. The Labute approximate surface area is 92.2 Å². The highest BCUT2D eigenvalue weighted by atomic mass is 16.5. The number of phenols is 1. The quantitative estimate of drug-likeness (QED) is 0.729. The average Bonchev–Trinajstić information content (AvgIpc) is 2.63. The van der Waals surface area contributed by atoms with E-state index >= 15 is 0 Å². The van der Waals surface area contributed by atoms with Crippen LogP contribution in [0.15, 0.2) is 0 Å². The number of esters is 1. The maximum absolute atomic E-state index is 11.5. The molecule has 86 valence electrons. The lowest BCUT2D eigenvalue weighted by Gasteiger charge is -2.13. The van der Waals surface area contributed by atoms with Gasteiger partial charge in [0.15, 0.2) is 0 Å². The molecule has 1 aromatic rings. The van der Waals surface area contributed by atoms with Crippen LogP contribution >= 0.6 is 0 Å². The van der Waals surface area contributed by atoms with Crippen LogP contribution in [0, 0.1) is 6.92 Å². The molecule has 0 radical (unpaired) electrons. The third kappa shape index (κ3) is 1.25. The molecule has 2 N–H and O–H groups in total. The number of benzene rings is 1. The van der Waals surface area contributed by atoms with Crippen molar-refractivity contribution in [1.82, 2.24) is 0 Å². The van der Waals surface area contributed by atoms with E-state index in [1.807, 2.05) is 0 Å². The highest BCUT2D eigenvalue weighted by Gasteiger charge is 2.32. The molecular formula is C11H12O5. The van der Waals surface area contributed by atoms with Crippen molar-refractivity contribution >= 4 is 5.97 Å². The molecule has 0 spiro atoms. The Morgan fingerprint density at radius 1 is 1.50 bits per heavy atom. The standard InChI is InChI=1S/C11H12O5/c1-5-9(13)6(3-12)7-4-16-11(14)8(7)10(5)15-2/h12-13H,3-4H2,1-2H3. The van der Waals surface area contributed by atoms with Gasteiger partial charge in [-0.1, -0.05) is 0 Å². The minimum Gasteiger partial charge on any atom is -0.507 e. The second-order valence-electron chi connectivity index (χ2n) is 3.57. The fourth-order valence-electron chi connectivity index (χ4n) is 1.96. The van der Waals surface area contributed by atoms with Crippen molar-refractivity contribution in [3.8, 4) is 11.5 Å². The van der Waals surface area contributed by atoms with E-state index < -0.39 is 5.97 Å². The van der Waals surface area contributed by atoms with Crippen LogP contribution in [0.3, 0.4) is 0 Å². The number of methoxy groups -OCH3 is 1. The van der Waals surface area contributed by atoms with Crippen molar-refractivity contribution in [2.75, 3.05) is 7.11 Å². The summed E-state index contributed by atoms with van der Waals surface area (Å²) >= 11 is 0. The Balaban J connectivity index is 2.81. The summed E-state index contributed by atoms with van der Waals surface area (Å²) in [5.74, 6) is -0.215. The summed E-state index contributed by atoms with van der Waals surface area (Å²) in [6.45, 7) is 1.35. The van der Waals surface area contributed by atoms with E-state index in [2.05, 4.69) is 0 Å². The molecule has 0 saturated carbocycles. The van der Waals surface area contributed by atoms with Gasteiger partial charge in [0, 0.05) is 16.7 Å². The van der Waals surface area contributed by atoms with E-state index in [1.54, 1.807) is 6.92 Å². The van der Waals surface area contributed by atoms with Crippen LogP contribution in [0.1, 0.15) is 27.0 Å². The molecule has 1 aliphatic heterocycles. The number of aliphatic hydroxyl groups excluding tert-OH is 1. The van der Waals surface area contributed by atoms with Crippen LogP contribution < -0.4 is 4.74 Å². The molecular weight excluding hydrogens is 212 g/mol. The molecule has 0 unspecified atom stereocenters. The van der Waals surface area contributed by atoms with E-state index in [0.717, 1.165) is 0 Å². The maximum atomic E-state index is 11.5. The predicted molar refractivity (Wildman–Crippen MR) is 54.4 cm³/mol. The molecule has 5 heteroatoms. The van der Waals surface area contributed by atoms with Gasteiger partial charge in [0.2, 0.25) is 0 Å². The molecule has 1 aromatic carbocycles. The number of aliphatic hydroxyl groups is 1. The minimum atomic E-state index is -0.482. The molecule has 1 aliphatic rings. The van der Waals surface area contributed by atoms with Crippen LogP contribution in [0.2, 0.25) is 0 Å². The van der Waals surface area contributed by atoms with Crippen LogP contribution in [0.4, 0.5) is 0 Å². The van der Waals surface area contributed by atoms with E-state index in [0.29, 0.717) is 28.0 Å². The summed E-state index contributed by atoms with van der Waals surface area (Å²) in [5.41, 5.74) is 1.58. The summed E-state index contributed by atoms with van der Waals surface area (Å²) in [7, 11) is 1.42. The Kier molecular flexibility index (Phi) is 2.47. The maximum Gasteiger partial charge on any atom is 0.342 e. The van der Waals surface area contributed by atoms with Gasteiger partial charge in [-0.2, -0.15) is 0 Å². The summed E-state index contributed by atoms with van der Waals surface area (Å²) in [6.07, 6.45) is 0. The highest BCUT2D eigenvalue weighted by molar-refractivity contribution is 5.98. The van der Waals surface area contributed by atoms with Crippen molar-refractivity contribution < 1.29 is 24.5 Å². The monoisotopic (exact) mass is 224 g/mol. The molecule has 16 heavy (non-hydrogen) atoms. The predicted octanol–water partition coefficient (Wildman–Crippen LogP) is 0.872. The van der Waals surface area contributed by atoms with Gasteiger partial charge in [0.05, 0.1) is 13.7 Å². The number of hydrogen-bond donors (Lipinski definition) is 2. The number of fused-ring (bicyclic) bond motifs is 1. The fraction of sp³-hybridized carbons (Fsp3) is 0.364. The molecule has 0 amide bonds. The second kappa shape index (κ2) is 3.68. The zero-order valence-corrected chi connectivity index (χ0v) is 9.03. The molecule has 0 fully saturated rings. The van der Waals surface area contributed by atoms with Gasteiger partial charge in [0.1, 0.15) is 23.7 Å². The van der Waals surface area contributed by atoms with E-state index in [-0.39, 0.29) is 19.0 Å². The van der Waals surface area contributed by atoms with Gasteiger partial charge in [-0.25, -0.2) is 4.79 Å². The highest BCUT2D eigenvalue weighted by Crippen LogP contribution is 2.41. The molecule has 5 nitrogen and oxygen atoms in total. The molecule has 0 saturated heterocycles. The SMILES string of the molecule is COc1c(C)c(O)c(CO)c2c1C(=O)OC2. The lowest BCUT2D eigenvalue weighted by molar-refractivity contribution is 0.0532. The number of hydrogen-bond acceptors (Lipinski definition) is 5. The van der Waals surface area contributed by atoms with Gasteiger partial charge >= 0.3 is 5.97 Å². The number of carbonyl (C=O) groups excluding carboxylic acids is 1. The van der Waals surface area contributed by atoms with E-state index in [9.17, 15) is 15.0 Å². The summed E-state index contributed by atoms with van der Waals surface area (Å²) in [6, 6.07) is 0.